The second-order valence-electron chi connectivity index (χ2n) is 4.53. The van der Waals surface area contributed by atoms with Crippen LogP contribution in [0.2, 0.25) is 0 Å². The summed E-state index contributed by atoms with van der Waals surface area (Å²) in [4.78, 5) is 22.9. The smallest absolute Gasteiger partial charge is 0.292 e. The summed E-state index contributed by atoms with van der Waals surface area (Å²) >= 11 is 3.32. The number of hydrogen-bond acceptors (Lipinski definition) is 4. The third-order valence-corrected chi connectivity index (χ3v) is 3.49. The van der Waals surface area contributed by atoms with Crippen molar-refractivity contribution >= 4 is 33.2 Å². The number of nitrogens with zero attached hydrogens (tertiary/aromatic N) is 1. The maximum atomic E-state index is 12.4. The van der Waals surface area contributed by atoms with E-state index in [-0.39, 0.29) is 11.4 Å². The van der Waals surface area contributed by atoms with Gasteiger partial charge in [-0.25, -0.2) is 0 Å². The minimum absolute atomic E-state index is 0.136. The Morgan fingerprint density at radius 3 is 2.64 bits per heavy atom. The van der Waals surface area contributed by atoms with Crippen LogP contribution in [0.5, 0.6) is 5.75 Å². The molecule has 0 saturated carbocycles. The second kappa shape index (κ2) is 6.57. The molecule has 1 N–H and O–H groups in total. The second-order valence-corrected chi connectivity index (χ2v) is 5.45. The number of para-hydroxylation sites is 2. The number of anilines is 1. The van der Waals surface area contributed by atoms with Crippen LogP contribution in [-0.4, -0.2) is 17.9 Å². The Labute approximate surface area is 135 Å². The van der Waals surface area contributed by atoms with Gasteiger partial charge >= 0.3 is 0 Å². The maximum absolute atomic E-state index is 12.4. The number of nitro groups is 1. The van der Waals surface area contributed by atoms with Crippen LogP contribution in [0.15, 0.2) is 40.9 Å². The molecular formula is C15H13BrN2O4. The molecule has 0 fully saturated rings. The molecule has 0 spiro atoms. The first-order valence-corrected chi connectivity index (χ1v) is 7.12. The lowest BCUT2D eigenvalue weighted by atomic mass is 10.1. The van der Waals surface area contributed by atoms with Gasteiger partial charge in [-0.05, 0) is 30.7 Å². The van der Waals surface area contributed by atoms with Gasteiger partial charge in [-0.15, -0.1) is 0 Å². The summed E-state index contributed by atoms with van der Waals surface area (Å²) in [5.41, 5.74) is 1.05. The monoisotopic (exact) mass is 364 g/mol. The number of rotatable bonds is 4. The summed E-state index contributed by atoms with van der Waals surface area (Å²) < 4.78 is 5.97. The Morgan fingerprint density at radius 2 is 2.00 bits per heavy atom. The lowest BCUT2D eigenvalue weighted by Crippen LogP contribution is -2.14. The highest BCUT2D eigenvalue weighted by molar-refractivity contribution is 9.10. The molecule has 22 heavy (non-hydrogen) atoms. The molecule has 0 aromatic heterocycles. The molecule has 0 saturated heterocycles. The van der Waals surface area contributed by atoms with Gasteiger partial charge in [0.05, 0.1) is 17.6 Å². The SMILES string of the molecule is COc1c(C)cc(Br)cc1C(=O)Nc1ccccc1[N+](=O)[O-]. The number of carbonyl (C=O) groups excluding carboxylic acids is 1. The van der Waals surface area contributed by atoms with Crippen molar-refractivity contribution in [1.82, 2.24) is 0 Å². The summed E-state index contributed by atoms with van der Waals surface area (Å²) in [5, 5.41) is 13.5. The first-order valence-electron chi connectivity index (χ1n) is 6.33. The molecule has 2 aromatic rings. The van der Waals surface area contributed by atoms with Crippen LogP contribution < -0.4 is 10.1 Å². The number of nitrogens with one attached hydrogen (secondary N) is 1. The number of halogens is 1. The number of nitro benzene ring substituents is 1. The van der Waals surface area contributed by atoms with Crippen LogP contribution in [0.25, 0.3) is 0 Å². The van der Waals surface area contributed by atoms with Crippen LogP contribution in [0.4, 0.5) is 11.4 Å². The average molecular weight is 365 g/mol. The van der Waals surface area contributed by atoms with Crippen molar-refractivity contribution in [1.29, 1.82) is 0 Å². The summed E-state index contributed by atoms with van der Waals surface area (Å²) in [6, 6.07) is 9.40. The Kier molecular flexibility index (Phi) is 4.77. The van der Waals surface area contributed by atoms with Gasteiger partial charge in [-0.1, -0.05) is 28.1 Å². The molecule has 0 aliphatic rings. The van der Waals surface area contributed by atoms with Crippen molar-refractivity contribution in [2.45, 2.75) is 6.92 Å². The fourth-order valence-electron chi connectivity index (χ4n) is 2.10. The van der Waals surface area contributed by atoms with Crippen molar-refractivity contribution in [2.24, 2.45) is 0 Å². The normalized spacial score (nSPS) is 10.1. The number of aryl methyl sites for hydroxylation is 1. The van der Waals surface area contributed by atoms with Crippen LogP contribution in [0, 0.1) is 17.0 Å². The van der Waals surface area contributed by atoms with Gasteiger partial charge in [0.15, 0.2) is 0 Å². The fourth-order valence-corrected chi connectivity index (χ4v) is 2.67. The molecule has 7 heteroatoms. The van der Waals surface area contributed by atoms with Gasteiger partial charge in [-0.3, -0.25) is 14.9 Å². The number of carbonyl (C=O) groups is 1. The molecule has 0 bridgehead atoms. The number of ether oxygens (including phenoxy) is 1. The van der Waals surface area contributed by atoms with E-state index in [1.165, 1.54) is 25.3 Å². The average Bonchev–Trinajstić information content (AvgIpc) is 2.46. The van der Waals surface area contributed by atoms with Gasteiger partial charge in [0.25, 0.3) is 11.6 Å². The Bertz CT molecular complexity index is 746. The number of hydrogen-bond donors (Lipinski definition) is 1. The molecule has 0 atom stereocenters. The molecule has 0 heterocycles. The lowest BCUT2D eigenvalue weighted by molar-refractivity contribution is -0.383. The van der Waals surface area contributed by atoms with Gasteiger partial charge in [0.2, 0.25) is 0 Å². The highest BCUT2D eigenvalue weighted by atomic mass is 79.9. The predicted octanol–water partition coefficient (Wildman–Crippen LogP) is 3.93. The molecule has 1 amide bonds. The van der Waals surface area contributed by atoms with E-state index in [0.717, 1.165) is 10.0 Å². The predicted molar refractivity (Wildman–Crippen MR) is 86.5 cm³/mol. The molecule has 0 aliphatic carbocycles. The van der Waals surface area contributed by atoms with Crippen molar-refractivity contribution < 1.29 is 14.5 Å². The van der Waals surface area contributed by atoms with Crippen LogP contribution >= 0.6 is 15.9 Å². The summed E-state index contributed by atoms with van der Waals surface area (Å²) in [6.45, 7) is 1.81. The van der Waals surface area contributed by atoms with E-state index in [1.807, 2.05) is 13.0 Å². The molecule has 6 nitrogen and oxygen atoms in total. The molecule has 0 aliphatic heterocycles. The molecule has 0 radical (unpaired) electrons. The van der Waals surface area contributed by atoms with Crippen molar-refractivity contribution in [3.05, 3.63) is 62.1 Å². The third-order valence-electron chi connectivity index (χ3n) is 3.04. The number of methoxy groups -OCH3 is 1. The molecule has 2 aromatic carbocycles. The van der Waals surface area contributed by atoms with Gasteiger partial charge in [-0.2, -0.15) is 0 Å². The van der Waals surface area contributed by atoms with E-state index in [4.69, 9.17) is 4.74 Å². The van der Waals surface area contributed by atoms with Crippen LogP contribution in [-0.2, 0) is 0 Å². The topological polar surface area (TPSA) is 81.5 Å². The zero-order chi connectivity index (χ0) is 16.3. The van der Waals surface area contributed by atoms with E-state index < -0.39 is 10.8 Å². The lowest BCUT2D eigenvalue weighted by Gasteiger charge is -2.12. The minimum Gasteiger partial charge on any atom is -0.496 e. The van der Waals surface area contributed by atoms with Gasteiger partial charge in [0.1, 0.15) is 11.4 Å². The molecular weight excluding hydrogens is 352 g/mol. The van der Waals surface area contributed by atoms with Crippen LogP contribution in [0.1, 0.15) is 15.9 Å². The Balaban J connectivity index is 2.41. The number of benzene rings is 2. The molecule has 114 valence electrons. The maximum Gasteiger partial charge on any atom is 0.292 e. The first-order chi connectivity index (χ1) is 10.4. The summed E-state index contributed by atoms with van der Waals surface area (Å²) in [5.74, 6) is -0.0464. The standard InChI is InChI=1S/C15H13BrN2O4/c1-9-7-10(16)8-11(14(9)22-2)15(19)17-12-5-3-4-6-13(12)18(20)21/h3-8H,1-2H3,(H,17,19). The largest absolute Gasteiger partial charge is 0.496 e. The summed E-state index contributed by atoms with van der Waals surface area (Å²) in [7, 11) is 1.47. The Morgan fingerprint density at radius 1 is 1.32 bits per heavy atom. The van der Waals surface area contributed by atoms with Crippen molar-refractivity contribution in [3.63, 3.8) is 0 Å². The van der Waals surface area contributed by atoms with Crippen molar-refractivity contribution in [3.8, 4) is 5.75 Å². The third kappa shape index (κ3) is 3.25. The molecule has 0 unspecified atom stereocenters. The minimum atomic E-state index is -0.543. The van der Waals surface area contributed by atoms with Gasteiger partial charge in [0, 0.05) is 10.5 Å². The highest BCUT2D eigenvalue weighted by Crippen LogP contribution is 2.30. The van der Waals surface area contributed by atoms with Crippen molar-refractivity contribution in [2.75, 3.05) is 12.4 Å². The number of amides is 1. The van der Waals surface area contributed by atoms with E-state index in [1.54, 1.807) is 12.1 Å². The van der Waals surface area contributed by atoms with E-state index in [2.05, 4.69) is 21.2 Å². The zero-order valence-electron chi connectivity index (χ0n) is 11.9. The van der Waals surface area contributed by atoms with E-state index >= 15 is 0 Å². The quantitative estimate of drug-likeness (QED) is 0.658. The van der Waals surface area contributed by atoms with E-state index in [9.17, 15) is 14.9 Å². The fraction of sp³-hybridized carbons (Fsp3) is 0.133. The zero-order valence-corrected chi connectivity index (χ0v) is 13.5. The highest BCUT2D eigenvalue weighted by Gasteiger charge is 2.19. The Hall–Kier alpha value is -2.41. The first kappa shape index (κ1) is 16.0. The van der Waals surface area contributed by atoms with Gasteiger partial charge < -0.3 is 10.1 Å². The van der Waals surface area contributed by atoms with E-state index in [0.29, 0.717) is 11.3 Å². The summed E-state index contributed by atoms with van der Waals surface area (Å²) in [6.07, 6.45) is 0. The van der Waals surface area contributed by atoms with Crippen LogP contribution in [0.3, 0.4) is 0 Å². The molecule has 2 rings (SSSR count).